The van der Waals surface area contributed by atoms with Gasteiger partial charge in [0.2, 0.25) is 0 Å². The fourth-order valence-corrected chi connectivity index (χ4v) is 1.09. The van der Waals surface area contributed by atoms with E-state index >= 15 is 0 Å². The Kier molecular flexibility index (Phi) is 1.56. The molecule has 0 N–H and O–H groups in total. The number of ketones is 1. The third-order valence-corrected chi connectivity index (χ3v) is 1.59. The van der Waals surface area contributed by atoms with Crippen LogP contribution in [-0.2, 0) is 4.79 Å². The monoisotopic (exact) mass is 125 g/mol. The van der Waals surface area contributed by atoms with Crippen molar-refractivity contribution < 1.29 is 9.90 Å². The highest BCUT2D eigenvalue weighted by Crippen LogP contribution is 2.21. The van der Waals surface area contributed by atoms with Crippen LogP contribution in [0.2, 0.25) is 0 Å². The van der Waals surface area contributed by atoms with Crippen LogP contribution in [0.1, 0.15) is 26.2 Å². The highest BCUT2D eigenvalue weighted by molar-refractivity contribution is 5.93. The molecule has 0 aliphatic heterocycles. The Labute approximate surface area is 54.2 Å². The summed E-state index contributed by atoms with van der Waals surface area (Å²) in [6, 6.07) is 0. The number of allylic oxidation sites excluding steroid dienone is 2. The number of carbonyl (C=O) groups excluding carboxylic acids is 1. The van der Waals surface area contributed by atoms with Gasteiger partial charge in [0.1, 0.15) is 0 Å². The van der Waals surface area contributed by atoms with Gasteiger partial charge in [-0.05, 0) is 31.8 Å². The molecule has 0 radical (unpaired) electrons. The summed E-state index contributed by atoms with van der Waals surface area (Å²) in [5.74, 6) is 0.0139. The Bertz CT molecular complexity index is 168. The van der Waals surface area contributed by atoms with E-state index in [1.165, 1.54) is 6.92 Å². The fourth-order valence-electron chi connectivity index (χ4n) is 1.09. The van der Waals surface area contributed by atoms with Gasteiger partial charge in [0.15, 0.2) is 5.78 Å². The first kappa shape index (κ1) is 6.33. The van der Waals surface area contributed by atoms with Crippen molar-refractivity contribution in [2.24, 2.45) is 0 Å². The quantitative estimate of drug-likeness (QED) is 0.508. The van der Waals surface area contributed by atoms with Crippen LogP contribution in [0.15, 0.2) is 11.3 Å². The average Bonchev–Trinajstić information content (AvgIpc) is 2.13. The van der Waals surface area contributed by atoms with Crippen LogP contribution < -0.4 is 5.11 Å². The number of carbonyl (C=O) groups is 1. The van der Waals surface area contributed by atoms with Crippen LogP contribution in [0.25, 0.3) is 0 Å². The number of rotatable bonds is 1. The van der Waals surface area contributed by atoms with Gasteiger partial charge < -0.3 is 5.11 Å². The zero-order valence-corrected chi connectivity index (χ0v) is 5.44. The molecule has 50 valence electrons. The van der Waals surface area contributed by atoms with Crippen LogP contribution in [0.3, 0.4) is 0 Å². The Balaban J connectivity index is 2.78. The van der Waals surface area contributed by atoms with E-state index in [4.69, 9.17) is 0 Å². The molecule has 2 heteroatoms. The Morgan fingerprint density at radius 1 is 1.56 bits per heavy atom. The second-order valence-corrected chi connectivity index (χ2v) is 2.31. The SMILES string of the molecule is CC(=O)C1=C([O-])CCC1. The summed E-state index contributed by atoms with van der Waals surface area (Å²) in [6.07, 6.45) is 2.15. The smallest absolute Gasteiger partial charge is 0.154 e. The molecule has 0 fully saturated rings. The van der Waals surface area contributed by atoms with Crippen LogP contribution in [0.4, 0.5) is 0 Å². The molecule has 2 nitrogen and oxygen atoms in total. The van der Waals surface area contributed by atoms with Gasteiger partial charge in [0.05, 0.1) is 0 Å². The normalized spacial score (nSPS) is 18.8. The van der Waals surface area contributed by atoms with Gasteiger partial charge in [-0.3, -0.25) is 4.79 Å². The van der Waals surface area contributed by atoms with Crippen molar-refractivity contribution >= 4 is 5.78 Å². The maximum absolute atomic E-state index is 10.8. The first-order valence-electron chi connectivity index (χ1n) is 3.12. The van der Waals surface area contributed by atoms with E-state index in [1.807, 2.05) is 0 Å². The number of hydrogen-bond acceptors (Lipinski definition) is 2. The van der Waals surface area contributed by atoms with Crippen molar-refractivity contribution in [3.8, 4) is 0 Å². The minimum atomic E-state index is -0.0440. The highest BCUT2D eigenvalue weighted by Gasteiger charge is 2.10. The molecule has 1 aliphatic carbocycles. The van der Waals surface area contributed by atoms with Gasteiger partial charge >= 0.3 is 0 Å². The molecule has 0 atom stereocenters. The molecule has 1 aliphatic rings. The summed E-state index contributed by atoms with van der Waals surface area (Å²) in [5, 5.41) is 10.8. The lowest BCUT2D eigenvalue weighted by atomic mass is 10.2. The summed E-state index contributed by atoms with van der Waals surface area (Å²) in [5.41, 5.74) is 0.523. The van der Waals surface area contributed by atoms with Crippen molar-refractivity contribution in [2.45, 2.75) is 26.2 Å². The molecule has 0 unspecified atom stereocenters. The predicted molar refractivity (Wildman–Crippen MR) is 31.6 cm³/mol. The second-order valence-electron chi connectivity index (χ2n) is 2.31. The molecule has 0 spiro atoms. The molecule has 0 amide bonds. The molecule has 0 saturated heterocycles. The lowest BCUT2D eigenvalue weighted by molar-refractivity contribution is -0.306. The molecule has 0 aromatic carbocycles. The fraction of sp³-hybridized carbons (Fsp3) is 0.571. The standard InChI is InChI=1S/C7H10O2/c1-5(8)6-3-2-4-7(6)9/h9H,2-4H2,1H3/p-1. The van der Waals surface area contributed by atoms with Gasteiger partial charge in [-0.25, -0.2) is 0 Å². The summed E-state index contributed by atoms with van der Waals surface area (Å²) < 4.78 is 0. The van der Waals surface area contributed by atoms with E-state index in [0.717, 1.165) is 6.42 Å². The van der Waals surface area contributed by atoms with Gasteiger partial charge in [-0.2, -0.15) is 0 Å². The Morgan fingerprint density at radius 3 is 2.44 bits per heavy atom. The van der Waals surface area contributed by atoms with Crippen LogP contribution in [0.5, 0.6) is 0 Å². The minimum absolute atomic E-state index is 0.0440. The van der Waals surface area contributed by atoms with Crippen LogP contribution in [-0.4, -0.2) is 5.78 Å². The average molecular weight is 125 g/mol. The summed E-state index contributed by atoms with van der Waals surface area (Å²) in [7, 11) is 0. The summed E-state index contributed by atoms with van der Waals surface area (Å²) in [4.78, 5) is 10.6. The number of hydrogen-bond donors (Lipinski definition) is 0. The van der Waals surface area contributed by atoms with Crippen molar-refractivity contribution in [2.75, 3.05) is 0 Å². The molecule has 9 heavy (non-hydrogen) atoms. The molecule has 0 aromatic rings. The van der Waals surface area contributed by atoms with Gasteiger partial charge in [0.25, 0.3) is 0 Å². The molecule has 0 saturated carbocycles. The van der Waals surface area contributed by atoms with Crippen molar-refractivity contribution in [3.05, 3.63) is 11.3 Å². The third-order valence-electron chi connectivity index (χ3n) is 1.59. The summed E-state index contributed by atoms with van der Waals surface area (Å²) in [6.45, 7) is 1.46. The topological polar surface area (TPSA) is 40.1 Å². The van der Waals surface area contributed by atoms with E-state index in [1.54, 1.807) is 0 Å². The highest BCUT2D eigenvalue weighted by atomic mass is 16.3. The molecule has 1 rings (SSSR count). The van der Waals surface area contributed by atoms with Gasteiger partial charge in [-0.1, -0.05) is 0 Å². The summed E-state index contributed by atoms with van der Waals surface area (Å²) >= 11 is 0. The first-order chi connectivity index (χ1) is 4.22. The predicted octanol–water partition coefficient (Wildman–Crippen LogP) is 0.374. The zero-order chi connectivity index (χ0) is 6.85. The maximum atomic E-state index is 10.8. The minimum Gasteiger partial charge on any atom is -0.875 e. The van der Waals surface area contributed by atoms with Crippen molar-refractivity contribution in [3.63, 3.8) is 0 Å². The largest absolute Gasteiger partial charge is 0.875 e. The van der Waals surface area contributed by atoms with Gasteiger partial charge in [0, 0.05) is 0 Å². The van der Waals surface area contributed by atoms with E-state index < -0.39 is 0 Å². The molecule has 0 aromatic heterocycles. The van der Waals surface area contributed by atoms with Crippen molar-refractivity contribution in [1.82, 2.24) is 0 Å². The molecular formula is C7H9O2-. The van der Waals surface area contributed by atoms with E-state index in [0.29, 0.717) is 18.4 Å². The maximum Gasteiger partial charge on any atom is 0.154 e. The number of Topliss-reactive ketones (excluding diaryl/α,β-unsaturated/α-hetero) is 1. The second kappa shape index (κ2) is 2.21. The Hall–Kier alpha value is -0.790. The van der Waals surface area contributed by atoms with E-state index in [9.17, 15) is 9.90 Å². The molecular weight excluding hydrogens is 116 g/mol. The molecule has 0 heterocycles. The third kappa shape index (κ3) is 1.12. The first-order valence-corrected chi connectivity index (χ1v) is 3.12. The lowest BCUT2D eigenvalue weighted by Crippen LogP contribution is -2.06. The van der Waals surface area contributed by atoms with E-state index in [2.05, 4.69) is 0 Å². The van der Waals surface area contributed by atoms with Gasteiger partial charge in [-0.15, -0.1) is 5.76 Å². The lowest BCUT2D eigenvalue weighted by Gasteiger charge is -2.06. The Morgan fingerprint density at radius 2 is 2.22 bits per heavy atom. The van der Waals surface area contributed by atoms with E-state index in [-0.39, 0.29) is 11.5 Å². The van der Waals surface area contributed by atoms with Crippen LogP contribution >= 0.6 is 0 Å². The van der Waals surface area contributed by atoms with Crippen molar-refractivity contribution in [1.29, 1.82) is 0 Å². The van der Waals surface area contributed by atoms with Crippen LogP contribution in [0, 0.1) is 0 Å². The molecule has 0 bridgehead atoms. The zero-order valence-electron chi connectivity index (χ0n) is 5.44.